The van der Waals surface area contributed by atoms with Gasteiger partial charge in [0, 0.05) is 13.1 Å². The van der Waals surface area contributed by atoms with E-state index >= 15 is 0 Å². The molecule has 29 heavy (non-hydrogen) atoms. The monoisotopic (exact) mass is 409 g/mol. The molecule has 3 aromatic rings. The summed E-state index contributed by atoms with van der Waals surface area (Å²) in [7, 11) is 1.64. The van der Waals surface area contributed by atoms with E-state index in [2.05, 4.69) is 22.3 Å². The second-order valence-electron chi connectivity index (χ2n) is 7.03. The molecule has 6 nitrogen and oxygen atoms in total. The van der Waals surface area contributed by atoms with Gasteiger partial charge < -0.3 is 14.1 Å². The molecule has 0 radical (unpaired) electrons. The first-order valence-corrected chi connectivity index (χ1v) is 10.5. The maximum Gasteiger partial charge on any atom is 0.277 e. The number of carbonyl (C=O) groups is 1. The first kappa shape index (κ1) is 19.5. The van der Waals surface area contributed by atoms with Crippen molar-refractivity contribution >= 4 is 17.7 Å². The van der Waals surface area contributed by atoms with E-state index in [9.17, 15) is 4.79 Å². The van der Waals surface area contributed by atoms with E-state index in [4.69, 9.17) is 9.15 Å². The molecule has 4 rings (SSSR count). The lowest BCUT2D eigenvalue weighted by molar-refractivity contribution is -0.131. The summed E-state index contributed by atoms with van der Waals surface area (Å²) in [5.74, 6) is 1.44. The Labute approximate surface area is 174 Å². The Morgan fingerprint density at radius 2 is 1.93 bits per heavy atom. The lowest BCUT2D eigenvalue weighted by Crippen LogP contribution is -2.40. The van der Waals surface area contributed by atoms with Crippen molar-refractivity contribution in [3.63, 3.8) is 0 Å². The largest absolute Gasteiger partial charge is 0.497 e. The zero-order valence-corrected chi connectivity index (χ0v) is 17.3. The molecule has 2 aromatic carbocycles. The topological polar surface area (TPSA) is 68.5 Å². The highest BCUT2D eigenvalue weighted by Gasteiger charge is 2.26. The number of rotatable bonds is 6. The van der Waals surface area contributed by atoms with Gasteiger partial charge in [-0.15, -0.1) is 10.2 Å². The lowest BCUT2D eigenvalue weighted by Gasteiger charge is -2.30. The molecule has 1 aliphatic heterocycles. The first-order valence-electron chi connectivity index (χ1n) is 9.60. The third kappa shape index (κ3) is 4.62. The van der Waals surface area contributed by atoms with Gasteiger partial charge in [-0.05, 0) is 42.2 Å². The Balaban J connectivity index is 1.35. The number of aromatic nitrogens is 2. The van der Waals surface area contributed by atoms with Crippen molar-refractivity contribution in [1.82, 2.24) is 15.1 Å². The maximum absolute atomic E-state index is 12.9. The Morgan fingerprint density at radius 1 is 1.17 bits per heavy atom. The SMILES string of the molecule is COc1ccc(Cc2nnc(SC(C)C(=O)N3CCc4ccccc4C3)o2)cc1. The molecule has 1 aliphatic rings. The van der Waals surface area contributed by atoms with E-state index in [1.807, 2.05) is 48.2 Å². The predicted octanol–water partition coefficient (Wildman–Crippen LogP) is 3.73. The average Bonchev–Trinajstić information content (AvgIpc) is 3.20. The van der Waals surface area contributed by atoms with E-state index in [-0.39, 0.29) is 11.2 Å². The van der Waals surface area contributed by atoms with E-state index in [1.54, 1.807) is 7.11 Å². The molecule has 0 saturated heterocycles. The normalized spacial score (nSPS) is 14.3. The zero-order chi connectivity index (χ0) is 20.2. The number of fused-ring (bicyclic) bond motifs is 1. The number of amides is 1. The molecule has 0 saturated carbocycles. The van der Waals surface area contributed by atoms with Gasteiger partial charge >= 0.3 is 0 Å². The second kappa shape index (κ2) is 8.69. The summed E-state index contributed by atoms with van der Waals surface area (Å²) in [5.41, 5.74) is 3.61. The van der Waals surface area contributed by atoms with E-state index in [0.717, 1.165) is 24.3 Å². The number of methoxy groups -OCH3 is 1. The van der Waals surface area contributed by atoms with Crippen molar-refractivity contribution in [2.24, 2.45) is 0 Å². The molecule has 1 amide bonds. The van der Waals surface area contributed by atoms with Crippen LogP contribution in [0, 0.1) is 0 Å². The van der Waals surface area contributed by atoms with Crippen LogP contribution in [-0.4, -0.2) is 39.9 Å². The molecule has 1 unspecified atom stereocenters. The Morgan fingerprint density at radius 3 is 2.69 bits per heavy atom. The molecule has 7 heteroatoms. The van der Waals surface area contributed by atoms with Crippen LogP contribution in [-0.2, 0) is 24.2 Å². The fraction of sp³-hybridized carbons (Fsp3) is 0.318. The van der Waals surface area contributed by atoms with E-state index < -0.39 is 0 Å². The summed E-state index contributed by atoms with van der Waals surface area (Å²) in [6, 6.07) is 16.0. The number of ether oxygens (including phenoxy) is 1. The smallest absolute Gasteiger partial charge is 0.277 e. The summed E-state index contributed by atoms with van der Waals surface area (Å²) < 4.78 is 10.9. The summed E-state index contributed by atoms with van der Waals surface area (Å²) in [6.45, 7) is 3.29. The fourth-order valence-corrected chi connectivity index (χ4v) is 4.20. The number of hydrogen-bond donors (Lipinski definition) is 0. The molecular formula is C22H23N3O3S. The van der Waals surface area contributed by atoms with Gasteiger partial charge in [0.2, 0.25) is 11.8 Å². The van der Waals surface area contributed by atoms with Crippen LogP contribution in [0.25, 0.3) is 0 Å². The van der Waals surface area contributed by atoms with Crippen LogP contribution in [0.5, 0.6) is 5.75 Å². The summed E-state index contributed by atoms with van der Waals surface area (Å²) in [6.07, 6.45) is 1.44. The molecule has 0 bridgehead atoms. The Bertz CT molecular complexity index is 987. The maximum atomic E-state index is 12.9. The minimum Gasteiger partial charge on any atom is -0.497 e. The second-order valence-corrected chi connectivity index (χ2v) is 8.32. The van der Waals surface area contributed by atoms with Gasteiger partial charge in [0.15, 0.2) is 0 Å². The van der Waals surface area contributed by atoms with Gasteiger partial charge in [-0.2, -0.15) is 0 Å². The molecule has 0 fully saturated rings. The number of benzene rings is 2. The van der Waals surface area contributed by atoms with Crippen LogP contribution in [0.4, 0.5) is 0 Å². The third-order valence-electron chi connectivity index (χ3n) is 5.03. The Hall–Kier alpha value is -2.80. The quantitative estimate of drug-likeness (QED) is 0.578. The van der Waals surface area contributed by atoms with Gasteiger partial charge in [-0.1, -0.05) is 48.2 Å². The van der Waals surface area contributed by atoms with Crippen molar-refractivity contribution in [2.45, 2.75) is 36.8 Å². The summed E-state index contributed by atoms with van der Waals surface area (Å²) in [4.78, 5) is 14.8. The molecular weight excluding hydrogens is 386 g/mol. The highest BCUT2D eigenvalue weighted by Crippen LogP contribution is 2.26. The van der Waals surface area contributed by atoms with Gasteiger partial charge in [-0.3, -0.25) is 4.79 Å². The highest BCUT2D eigenvalue weighted by atomic mass is 32.2. The standard InChI is InChI=1S/C22H23N3O3S/c1-15(21(26)25-12-11-17-5-3-4-6-18(17)14-25)29-22-24-23-20(28-22)13-16-7-9-19(27-2)10-8-16/h3-10,15H,11-14H2,1-2H3. The van der Waals surface area contributed by atoms with E-state index in [1.165, 1.54) is 22.9 Å². The minimum atomic E-state index is -0.283. The minimum absolute atomic E-state index is 0.0967. The predicted molar refractivity (Wildman–Crippen MR) is 111 cm³/mol. The highest BCUT2D eigenvalue weighted by molar-refractivity contribution is 8.00. The van der Waals surface area contributed by atoms with Crippen molar-refractivity contribution in [3.05, 3.63) is 71.1 Å². The van der Waals surface area contributed by atoms with Crippen molar-refractivity contribution in [1.29, 1.82) is 0 Å². The third-order valence-corrected chi connectivity index (χ3v) is 5.95. The Kier molecular flexibility index (Phi) is 5.85. The molecule has 0 spiro atoms. The molecule has 1 aromatic heterocycles. The lowest BCUT2D eigenvalue weighted by atomic mass is 10.00. The van der Waals surface area contributed by atoms with Crippen molar-refractivity contribution in [2.75, 3.05) is 13.7 Å². The number of carbonyl (C=O) groups excluding carboxylic acids is 1. The van der Waals surface area contributed by atoms with Crippen LogP contribution >= 0.6 is 11.8 Å². The van der Waals surface area contributed by atoms with Crippen LogP contribution in [0.1, 0.15) is 29.5 Å². The first-order chi connectivity index (χ1) is 14.1. The fourth-order valence-electron chi connectivity index (χ4n) is 3.42. The van der Waals surface area contributed by atoms with E-state index in [0.29, 0.717) is 24.1 Å². The van der Waals surface area contributed by atoms with Gasteiger partial charge in [0.25, 0.3) is 5.22 Å². The van der Waals surface area contributed by atoms with Gasteiger partial charge in [0.1, 0.15) is 5.75 Å². The number of nitrogens with zero attached hydrogens (tertiary/aromatic N) is 3. The molecule has 150 valence electrons. The summed E-state index contributed by atoms with van der Waals surface area (Å²) in [5, 5.41) is 8.36. The van der Waals surface area contributed by atoms with Crippen LogP contribution in [0.3, 0.4) is 0 Å². The number of thioether (sulfide) groups is 1. The molecule has 0 aliphatic carbocycles. The van der Waals surface area contributed by atoms with Crippen LogP contribution in [0.15, 0.2) is 58.2 Å². The number of hydrogen-bond acceptors (Lipinski definition) is 6. The zero-order valence-electron chi connectivity index (χ0n) is 16.5. The van der Waals surface area contributed by atoms with Crippen LogP contribution in [0.2, 0.25) is 0 Å². The van der Waals surface area contributed by atoms with Crippen molar-refractivity contribution < 1.29 is 13.9 Å². The van der Waals surface area contributed by atoms with Crippen LogP contribution < -0.4 is 4.74 Å². The molecule has 2 heterocycles. The molecule has 0 N–H and O–H groups in total. The average molecular weight is 410 g/mol. The molecule has 1 atom stereocenters. The van der Waals surface area contributed by atoms with Gasteiger partial charge in [-0.25, -0.2) is 0 Å². The van der Waals surface area contributed by atoms with Gasteiger partial charge in [0.05, 0.1) is 18.8 Å². The van der Waals surface area contributed by atoms with Crippen molar-refractivity contribution in [3.8, 4) is 5.75 Å². The summed E-state index contributed by atoms with van der Waals surface area (Å²) >= 11 is 1.31.